The summed E-state index contributed by atoms with van der Waals surface area (Å²) < 4.78 is 12.8. The number of para-hydroxylation sites is 2. The van der Waals surface area contributed by atoms with E-state index < -0.39 is 5.41 Å². The average Bonchev–Trinajstić information content (AvgIpc) is 3.72. The SMILES string of the molecule is c1ccc2c(c1)Oc1cc(-c3ccc(-c4ccc(-c5ccc6oc7ccccc7c6c5)cc4)cc3)ccc1C21c2ccccc2-c2ccccc21. The van der Waals surface area contributed by atoms with Crippen LogP contribution < -0.4 is 4.74 Å². The van der Waals surface area contributed by atoms with Crippen molar-refractivity contribution < 1.29 is 9.15 Å². The molecular formula is C49H30O2. The first kappa shape index (κ1) is 28.2. The third-order valence-electron chi connectivity index (χ3n) is 11.0. The van der Waals surface area contributed by atoms with Gasteiger partial charge in [-0.1, -0.05) is 152 Å². The molecule has 2 nitrogen and oxygen atoms in total. The normalized spacial score (nSPS) is 13.4. The number of hydrogen-bond acceptors (Lipinski definition) is 2. The van der Waals surface area contributed by atoms with Gasteiger partial charge in [0.05, 0.1) is 5.41 Å². The Hall–Kier alpha value is -6.64. The van der Waals surface area contributed by atoms with E-state index in [1.54, 1.807) is 0 Å². The molecule has 51 heavy (non-hydrogen) atoms. The van der Waals surface area contributed by atoms with E-state index in [1.807, 2.05) is 12.1 Å². The van der Waals surface area contributed by atoms with Crippen LogP contribution in [0.3, 0.4) is 0 Å². The van der Waals surface area contributed by atoms with Crippen LogP contribution >= 0.6 is 0 Å². The molecule has 9 aromatic rings. The van der Waals surface area contributed by atoms with Crippen LogP contribution in [0.15, 0.2) is 186 Å². The Morgan fingerprint density at radius 2 is 0.784 bits per heavy atom. The quantitative estimate of drug-likeness (QED) is 0.190. The first-order valence-electron chi connectivity index (χ1n) is 17.5. The Morgan fingerprint density at radius 1 is 0.314 bits per heavy atom. The molecule has 8 aromatic carbocycles. The van der Waals surface area contributed by atoms with Gasteiger partial charge < -0.3 is 9.15 Å². The second-order valence-corrected chi connectivity index (χ2v) is 13.6. The number of hydrogen-bond donors (Lipinski definition) is 0. The molecule has 1 aliphatic carbocycles. The zero-order chi connectivity index (χ0) is 33.5. The van der Waals surface area contributed by atoms with Gasteiger partial charge in [-0.05, 0) is 86.0 Å². The van der Waals surface area contributed by atoms with Crippen molar-refractivity contribution in [3.8, 4) is 56.0 Å². The molecule has 0 fully saturated rings. The second kappa shape index (κ2) is 10.7. The van der Waals surface area contributed by atoms with E-state index in [2.05, 4.69) is 170 Å². The van der Waals surface area contributed by atoms with Crippen LogP contribution in [0.4, 0.5) is 0 Å². The highest BCUT2D eigenvalue weighted by Gasteiger charge is 2.50. The van der Waals surface area contributed by atoms with E-state index in [1.165, 1.54) is 55.6 Å². The number of benzene rings is 8. The molecule has 0 bridgehead atoms. The predicted octanol–water partition coefficient (Wildman–Crippen LogP) is 13.1. The lowest BCUT2D eigenvalue weighted by Crippen LogP contribution is -2.32. The van der Waals surface area contributed by atoms with Gasteiger partial charge in [0.25, 0.3) is 0 Å². The Balaban J connectivity index is 0.942. The third-order valence-corrected chi connectivity index (χ3v) is 11.0. The maximum absolute atomic E-state index is 6.73. The molecule has 1 spiro atoms. The van der Waals surface area contributed by atoms with Crippen LogP contribution in [0, 0.1) is 0 Å². The smallest absolute Gasteiger partial charge is 0.135 e. The molecule has 238 valence electrons. The standard InChI is InChI=1S/C49H30O2/c1-4-12-41-37(9-1)38-10-2-5-13-42(38)49(41)43-14-6-8-16-47(43)51-48-30-36(25-27-44(48)49)34-23-19-32(20-24-34)31-17-21-33(22-18-31)35-26-28-46-40(29-35)39-11-3-7-15-45(39)50-46/h1-30H. The van der Waals surface area contributed by atoms with Crippen molar-refractivity contribution in [3.05, 3.63) is 204 Å². The van der Waals surface area contributed by atoms with Crippen molar-refractivity contribution in [2.45, 2.75) is 5.41 Å². The molecule has 2 heterocycles. The van der Waals surface area contributed by atoms with Crippen LogP contribution in [0.25, 0.3) is 66.4 Å². The summed E-state index contributed by atoms with van der Waals surface area (Å²) in [5.41, 5.74) is 16.0. The molecule has 2 aliphatic rings. The van der Waals surface area contributed by atoms with Gasteiger partial charge in [0, 0.05) is 21.9 Å². The van der Waals surface area contributed by atoms with E-state index in [4.69, 9.17) is 9.15 Å². The van der Waals surface area contributed by atoms with Crippen molar-refractivity contribution in [2.24, 2.45) is 0 Å². The van der Waals surface area contributed by atoms with Crippen LogP contribution in [-0.2, 0) is 5.41 Å². The third kappa shape index (κ3) is 4.05. The summed E-state index contributed by atoms with van der Waals surface area (Å²) in [4.78, 5) is 0. The van der Waals surface area contributed by atoms with Crippen molar-refractivity contribution in [3.63, 3.8) is 0 Å². The minimum Gasteiger partial charge on any atom is -0.457 e. The van der Waals surface area contributed by atoms with Crippen LogP contribution in [0.2, 0.25) is 0 Å². The van der Waals surface area contributed by atoms with Gasteiger partial charge >= 0.3 is 0 Å². The Kier molecular flexibility index (Phi) is 5.91. The molecule has 0 atom stereocenters. The van der Waals surface area contributed by atoms with Crippen molar-refractivity contribution in [1.82, 2.24) is 0 Å². The summed E-state index contributed by atoms with van der Waals surface area (Å²) in [6.45, 7) is 0. The molecule has 1 aliphatic heterocycles. The van der Waals surface area contributed by atoms with Gasteiger partial charge in [-0.15, -0.1) is 0 Å². The van der Waals surface area contributed by atoms with Gasteiger partial charge in [0.1, 0.15) is 22.7 Å². The van der Waals surface area contributed by atoms with E-state index >= 15 is 0 Å². The monoisotopic (exact) mass is 650 g/mol. The summed E-state index contributed by atoms with van der Waals surface area (Å²) in [6, 6.07) is 65.4. The molecule has 0 saturated heterocycles. The minimum absolute atomic E-state index is 0.440. The number of fused-ring (bicyclic) bond motifs is 12. The second-order valence-electron chi connectivity index (χ2n) is 13.6. The van der Waals surface area contributed by atoms with E-state index in [0.717, 1.165) is 44.6 Å². The summed E-state index contributed by atoms with van der Waals surface area (Å²) in [6.07, 6.45) is 0. The fourth-order valence-electron chi connectivity index (χ4n) is 8.66. The highest BCUT2D eigenvalue weighted by atomic mass is 16.5. The largest absolute Gasteiger partial charge is 0.457 e. The topological polar surface area (TPSA) is 22.4 Å². The van der Waals surface area contributed by atoms with E-state index in [0.29, 0.717) is 0 Å². The molecular weight excluding hydrogens is 621 g/mol. The number of furan rings is 1. The molecule has 2 heteroatoms. The van der Waals surface area contributed by atoms with E-state index in [9.17, 15) is 0 Å². The fraction of sp³-hybridized carbons (Fsp3) is 0.0204. The Labute approximate surface area is 295 Å². The van der Waals surface area contributed by atoms with Gasteiger partial charge in [-0.3, -0.25) is 0 Å². The summed E-state index contributed by atoms with van der Waals surface area (Å²) >= 11 is 0. The van der Waals surface area contributed by atoms with Gasteiger partial charge in [-0.25, -0.2) is 0 Å². The molecule has 0 radical (unpaired) electrons. The number of rotatable bonds is 3. The lowest BCUT2D eigenvalue weighted by molar-refractivity contribution is 0.436. The molecule has 0 unspecified atom stereocenters. The first-order chi connectivity index (χ1) is 25.3. The lowest BCUT2D eigenvalue weighted by atomic mass is 9.66. The van der Waals surface area contributed by atoms with Gasteiger partial charge in [-0.2, -0.15) is 0 Å². The Morgan fingerprint density at radius 3 is 1.47 bits per heavy atom. The van der Waals surface area contributed by atoms with Crippen LogP contribution in [-0.4, -0.2) is 0 Å². The van der Waals surface area contributed by atoms with Gasteiger partial charge in [0.15, 0.2) is 0 Å². The van der Waals surface area contributed by atoms with Crippen molar-refractivity contribution in [2.75, 3.05) is 0 Å². The zero-order valence-corrected chi connectivity index (χ0v) is 27.6. The highest BCUT2D eigenvalue weighted by molar-refractivity contribution is 6.06. The first-order valence-corrected chi connectivity index (χ1v) is 17.5. The molecule has 1 aromatic heterocycles. The van der Waals surface area contributed by atoms with Crippen LogP contribution in [0.1, 0.15) is 22.3 Å². The molecule has 0 saturated carbocycles. The van der Waals surface area contributed by atoms with Crippen LogP contribution in [0.5, 0.6) is 11.5 Å². The summed E-state index contributed by atoms with van der Waals surface area (Å²) in [5, 5.41) is 2.29. The molecule has 0 amide bonds. The summed E-state index contributed by atoms with van der Waals surface area (Å²) in [7, 11) is 0. The van der Waals surface area contributed by atoms with Gasteiger partial charge in [0.2, 0.25) is 0 Å². The predicted molar refractivity (Wildman–Crippen MR) is 207 cm³/mol. The van der Waals surface area contributed by atoms with E-state index in [-0.39, 0.29) is 0 Å². The summed E-state index contributed by atoms with van der Waals surface area (Å²) in [5.74, 6) is 1.81. The molecule has 11 rings (SSSR count). The number of ether oxygens (including phenoxy) is 1. The maximum atomic E-state index is 6.73. The van der Waals surface area contributed by atoms with Crippen molar-refractivity contribution in [1.29, 1.82) is 0 Å². The Bertz CT molecular complexity index is 2770. The van der Waals surface area contributed by atoms with Crippen molar-refractivity contribution >= 4 is 21.9 Å². The fourth-order valence-corrected chi connectivity index (χ4v) is 8.66. The minimum atomic E-state index is -0.440. The lowest BCUT2D eigenvalue weighted by Gasteiger charge is -2.39. The highest BCUT2D eigenvalue weighted by Crippen LogP contribution is 2.62. The maximum Gasteiger partial charge on any atom is 0.135 e. The molecule has 0 N–H and O–H groups in total. The zero-order valence-electron chi connectivity index (χ0n) is 27.6. The average molecular weight is 651 g/mol.